The Labute approximate surface area is 371 Å². The van der Waals surface area contributed by atoms with Crippen LogP contribution in [-0.2, 0) is 30.9 Å². The van der Waals surface area contributed by atoms with Gasteiger partial charge in [0.25, 0.3) is 0 Å². The first-order valence-corrected chi connectivity index (χ1v) is 25.6. The van der Waals surface area contributed by atoms with Gasteiger partial charge in [-0.05, 0) is 97.5 Å². The van der Waals surface area contributed by atoms with Gasteiger partial charge in [-0.25, -0.2) is 4.79 Å². The molecule has 328 valence electrons. The van der Waals surface area contributed by atoms with Gasteiger partial charge in [0, 0.05) is 55.2 Å². The molecule has 1 aliphatic carbocycles. The van der Waals surface area contributed by atoms with Crippen LogP contribution in [0, 0.1) is 0 Å². The average Bonchev–Trinajstić information content (AvgIpc) is 3.97. The molecule has 0 aliphatic heterocycles. The molecule has 0 unspecified atom stereocenters. The first kappa shape index (κ1) is 46.4. The molecule has 0 radical (unpaired) electrons. The molecule has 1 aliphatic rings. The molecule has 1 saturated carbocycles. The van der Waals surface area contributed by atoms with Crippen LogP contribution in [0.15, 0.2) is 76.2 Å². The SMILES string of the molecule is COc1cc(NC(=O)CCN(C)C2CCC(OC(=O)C(O)(c3cccs3)c3cccs3)CC2)c(Cl)cc1CNC[C@@H](O[Si](C)(C)C(C)(C)C)c1ccc(O)c2[nH]c(=O)ccc12. The minimum Gasteiger partial charge on any atom is -0.506 e. The zero-order valence-electron chi connectivity index (χ0n) is 35.8. The van der Waals surface area contributed by atoms with E-state index in [1.165, 1.54) is 28.7 Å². The number of hydrogen-bond acceptors (Lipinski definition) is 12. The molecule has 2 aromatic carbocycles. The second-order valence-corrected chi connectivity index (χ2v) is 24.3. The first-order valence-electron chi connectivity index (χ1n) is 20.5. The number of halogens is 1. The van der Waals surface area contributed by atoms with Crippen molar-refractivity contribution >= 4 is 71.1 Å². The summed E-state index contributed by atoms with van der Waals surface area (Å²) in [5, 5.41) is 33.3. The van der Waals surface area contributed by atoms with Crippen LogP contribution in [0.1, 0.15) is 79.9 Å². The molecule has 1 fully saturated rings. The number of aromatic hydroxyl groups is 1. The summed E-state index contributed by atoms with van der Waals surface area (Å²) in [5.74, 6) is -0.283. The number of phenols is 1. The Morgan fingerprint density at radius 2 is 1.69 bits per heavy atom. The van der Waals surface area contributed by atoms with E-state index in [-0.39, 0.29) is 40.8 Å². The predicted octanol–water partition coefficient (Wildman–Crippen LogP) is 8.92. The molecule has 0 bridgehead atoms. The van der Waals surface area contributed by atoms with Crippen LogP contribution in [0.5, 0.6) is 11.5 Å². The molecular weight excluding hydrogens is 852 g/mol. The number of aromatic nitrogens is 1. The Morgan fingerprint density at radius 1 is 1.02 bits per heavy atom. The van der Waals surface area contributed by atoms with Crippen LogP contribution in [-0.4, -0.2) is 79.7 Å². The Kier molecular flexibility index (Phi) is 14.9. The summed E-state index contributed by atoms with van der Waals surface area (Å²) in [6.45, 7) is 12.2. The molecule has 1 atom stereocenters. The summed E-state index contributed by atoms with van der Waals surface area (Å²) in [4.78, 5) is 44.8. The number of pyridine rings is 1. The van der Waals surface area contributed by atoms with E-state index in [1.54, 1.807) is 43.5 Å². The van der Waals surface area contributed by atoms with Crippen LogP contribution in [0.3, 0.4) is 0 Å². The van der Waals surface area contributed by atoms with Crippen LogP contribution in [0.25, 0.3) is 10.9 Å². The number of phenolic OH excluding ortho intramolecular Hbond substituents is 1. The van der Waals surface area contributed by atoms with Crippen molar-refractivity contribution in [1.29, 1.82) is 0 Å². The Bertz CT molecular complexity index is 2310. The summed E-state index contributed by atoms with van der Waals surface area (Å²) in [5.41, 5.74) is 0.324. The smallest absolute Gasteiger partial charge is 0.349 e. The van der Waals surface area contributed by atoms with E-state index in [2.05, 4.69) is 54.4 Å². The Morgan fingerprint density at radius 3 is 2.30 bits per heavy atom. The lowest BCUT2D eigenvalue weighted by atomic mass is 9.91. The number of aromatic amines is 1. The molecule has 61 heavy (non-hydrogen) atoms. The molecule has 3 heterocycles. The van der Waals surface area contributed by atoms with Crippen molar-refractivity contribution < 1.29 is 33.7 Å². The third kappa shape index (κ3) is 10.8. The summed E-state index contributed by atoms with van der Waals surface area (Å²) < 4.78 is 18.6. The summed E-state index contributed by atoms with van der Waals surface area (Å²) in [6, 6.07) is 17.5. The number of nitrogens with one attached hydrogen (secondary N) is 3. The fourth-order valence-corrected chi connectivity index (χ4v) is 10.7. The summed E-state index contributed by atoms with van der Waals surface area (Å²) in [6.07, 6.45) is 2.45. The second-order valence-electron chi connectivity index (χ2n) is 17.2. The number of carbonyl (C=O) groups excluding carboxylic acids is 2. The lowest BCUT2D eigenvalue weighted by molar-refractivity contribution is -0.169. The van der Waals surface area contributed by atoms with Gasteiger partial charge in [0.15, 0.2) is 8.32 Å². The number of hydrogen-bond donors (Lipinski definition) is 5. The van der Waals surface area contributed by atoms with Gasteiger partial charge in [0.1, 0.15) is 17.6 Å². The number of esters is 1. The van der Waals surface area contributed by atoms with Crippen molar-refractivity contribution in [2.24, 2.45) is 0 Å². The molecule has 5 aromatic rings. The number of thiophene rings is 2. The van der Waals surface area contributed by atoms with Gasteiger partial charge in [-0.1, -0.05) is 50.6 Å². The van der Waals surface area contributed by atoms with Crippen LogP contribution in [0.4, 0.5) is 5.69 Å². The van der Waals surface area contributed by atoms with Crippen LogP contribution >= 0.6 is 34.3 Å². The highest BCUT2D eigenvalue weighted by Gasteiger charge is 2.45. The fraction of sp³-hybridized carbons (Fsp3) is 0.444. The van der Waals surface area contributed by atoms with Gasteiger partial charge in [-0.3, -0.25) is 9.59 Å². The van der Waals surface area contributed by atoms with Gasteiger partial charge in [-0.2, -0.15) is 0 Å². The van der Waals surface area contributed by atoms with Crippen molar-refractivity contribution in [2.75, 3.05) is 32.6 Å². The highest BCUT2D eigenvalue weighted by molar-refractivity contribution is 7.12. The minimum atomic E-state index is -2.28. The Balaban J connectivity index is 1.02. The maximum Gasteiger partial charge on any atom is 0.349 e. The fourth-order valence-electron chi connectivity index (χ4n) is 7.45. The standard InChI is InChI=1S/C45H57ClN4O8S2Si/c1-44(2,3)61(6,7)58-37(31-16-18-35(51)42-32(31)17-19-40(52)49-42)27-47-26-28-24-33(46)34(25-36(28)56-5)48-41(53)20-21-50(4)29-12-14-30(15-13-29)57-43(54)45(55,38-10-8-22-59-38)39-11-9-23-60-39/h8-11,16-19,22-25,29-30,37,47,51,55H,12-15,20-21,26-27H2,1-7H3,(H,48,53)(H,49,52)/t29?,30?,37-/m1/s1. The molecule has 0 spiro atoms. The monoisotopic (exact) mass is 908 g/mol. The summed E-state index contributed by atoms with van der Waals surface area (Å²) >= 11 is 9.41. The van der Waals surface area contributed by atoms with Crippen LogP contribution in [0.2, 0.25) is 23.2 Å². The lowest BCUT2D eigenvalue weighted by Gasteiger charge is -2.39. The number of amides is 1. The largest absolute Gasteiger partial charge is 0.506 e. The van der Waals surface area contributed by atoms with E-state index in [4.69, 9.17) is 25.5 Å². The number of benzene rings is 2. The molecule has 5 N–H and O–H groups in total. The van der Waals surface area contributed by atoms with E-state index in [9.17, 15) is 24.6 Å². The van der Waals surface area contributed by atoms with Crippen molar-refractivity contribution in [3.63, 3.8) is 0 Å². The van der Waals surface area contributed by atoms with Gasteiger partial charge in [0.2, 0.25) is 17.1 Å². The van der Waals surface area contributed by atoms with Gasteiger partial charge < -0.3 is 44.6 Å². The van der Waals surface area contributed by atoms with Crippen molar-refractivity contribution in [1.82, 2.24) is 15.2 Å². The maximum atomic E-state index is 13.4. The zero-order chi connectivity index (χ0) is 44.1. The van der Waals surface area contributed by atoms with Crippen molar-refractivity contribution in [2.45, 2.75) is 101 Å². The highest BCUT2D eigenvalue weighted by Crippen LogP contribution is 2.42. The predicted molar refractivity (Wildman–Crippen MR) is 247 cm³/mol. The van der Waals surface area contributed by atoms with Gasteiger partial charge in [0.05, 0.1) is 39.2 Å². The van der Waals surface area contributed by atoms with E-state index in [0.717, 1.165) is 24.0 Å². The number of methoxy groups -OCH3 is 1. The third-order valence-electron chi connectivity index (χ3n) is 12.1. The van der Waals surface area contributed by atoms with E-state index in [1.807, 2.05) is 36.0 Å². The van der Waals surface area contributed by atoms with E-state index in [0.29, 0.717) is 69.6 Å². The molecule has 12 nitrogen and oxygen atoms in total. The highest BCUT2D eigenvalue weighted by atomic mass is 35.5. The molecule has 3 aromatic heterocycles. The van der Waals surface area contributed by atoms with E-state index < -0.39 is 26.0 Å². The third-order valence-corrected chi connectivity index (χ3v) is 18.8. The molecule has 1 amide bonds. The van der Waals surface area contributed by atoms with Crippen molar-refractivity contribution in [3.05, 3.63) is 108 Å². The number of ether oxygens (including phenoxy) is 2. The van der Waals surface area contributed by atoms with Crippen molar-refractivity contribution in [3.8, 4) is 11.5 Å². The number of rotatable bonds is 17. The molecular formula is C45H57ClN4O8S2Si. The number of anilines is 1. The topological polar surface area (TPSA) is 162 Å². The van der Waals surface area contributed by atoms with E-state index >= 15 is 0 Å². The average molecular weight is 910 g/mol. The first-order chi connectivity index (χ1) is 28.9. The number of H-pyrrole nitrogens is 1. The number of nitrogens with zero attached hydrogens (tertiary/aromatic N) is 1. The number of carbonyl (C=O) groups is 2. The zero-order valence-corrected chi connectivity index (χ0v) is 39.2. The molecule has 0 saturated heterocycles. The van der Waals surface area contributed by atoms with Gasteiger partial charge in [-0.15, -0.1) is 22.7 Å². The normalized spacial score (nSPS) is 16.8. The lowest BCUT2D eigenvalue weighted by Crippen LogP contribution is -2.43. The minimum absolute atomic E-state index is 0.00988. The van der Waals surface area contributed by atoms with Crippen LogP contribution < -0.4 is 20.9 Å². The molecule has 16 heteroatoms. The number of aliphatic hydroxyl groups is 1. The second kappa shape index (κ2) is 19.5. The number of fused-ring (bicyclic) bond motifs is 1. The maximum absolute atomic E-state index is 13.4. The molecule has 6 rings (SSSR count). The Hall–Kier alpha value is -4.06. The van der Waals surface area contributed by atoms with Gasteiger partial charge >= 0.3 is 5.97 Å². The quantitative estimate of drug-likeness (QED) is 0.0450. The summed E-state index contributed by atoms with van der Waals surface area (Å²) in [7, 11) is 1.29.